The summed E-state index contributed by atoms with van der Waals surface area (Å²) in [6.07, 6.45) is -3.74. The van der Waals surface area contributed by atoms with Crippen LogP contribution in [0, 0.1) is 11.7 Å². The Morgan fingerprint density at radius 3 is 2.57 bits per heavy atom. The third-order valence-electron chi connectivity index (χ3n) is 2.82. The molecule has 0 saturated heterocycles. The molecule has 0 heterocycles. The molecule has 1 aromatic carbocycles. The Bertz CT molecular complexity index is 495. The van der Waals surface area contributed by atoms with Crippen molar-refractivity contribution in [2.24, 2.45) is 16.6 Å². The first kappa shape index (κ1) is 17.3. The smallest absolute Gasteiger partial charge is 0.370 e. The highest BCUT2D eigenvalue weighted by Crippen LogP contribution is 2.32. The summed E-state index contributed by atoms with van der Waals surface area (Å²) < 4.78 is 51.3. The van der Waals surface area contributed by atoms with Crippen LogP contribution in [-0.4, -0.2) is 12.5 Å². The van der Waals surface area contributed by atoms with Crippen LogP contribution in [0.4, 0.5) is 17.6 Å². The number of aliphatic imine (C=N–C) groups is 1. The van der Waals surface area contributed by atoms with Gasteiger partial charge in [0.25, 0.3) is 0 Å². The molecular weight excluding hydrogens is 286 g/mol. The number of benzene rings is 1. The lowest BCUT2D eigenvalue weighted by atomic mass is 10.1. The molecule has 0 bridgehead atoms. The van der Waals surface area contributed by atoms with E-state index in [0.717, 1.165) is 18.6 Å². The number of guanidine groups is 1. The number of nitrogens with zero attached hydrogens (tertiary/aromatic N) is 1. The van der Waals surface area contributed by atoms with Gasteiger partial charge in [0, 0.05) is 6.54 Å². The Kier molecular flexibility index (Phi) is 5.99. The van der Waals surface area contributed by atoms with Gasteiger partial charge in [-0.1, -0.05) is 19.9 Å². The highest BCUT2D eigenvalue weighted by atomic mass is 19.4. The molecule has 0 spiro atoms. The van der Waals surface area contributed by atoms with Crippen LogP contribution < -0.4 is 11.1 Å². The van der Waals surface area contributed by atoms with E-state index in [1.54, 1.807) is 0 Å². The molecule has 0 amide bonds. The molecule has 7 heteroatoms. The fourth-order valence-corrected chi connectivity index (χ4v) is 1.67. The second-order valence-corrected chi connectivity index (χ2v) is 5.11. The molecule has 1 rings (SSSR count). The highest BCUT2D eigenvalue weighted by Gasteiger charge is 2.33. The van der Waals surface area contributed by atoms with E-state index in [2.05, 4.69) is 10.3 Å². The van der Waals surface area contributed by atoms with Crippen LogP contribution in [0.3, 0.4) is 0 Å². The van der Waals surface area contributed by atoms with Crippen molar-refractivity contribution >= 4 is 5.96 Å². The van der Waals surface area contributed by atoms with Crippen molar-refractivity contribution < 1.29 is 17.6 Å². The topological polar surface area (TPSA) is 50.4 Å². The van der Waals surface area contributed by atoms with E-state index in [-0.39, 0.29) is 18.1 Å². The number of hydrogen-bond acceptors (Lipinski definition) is 1. The number of nitrogens with one attached hydrogen (secondary N) is 1. The van der Waals surface area contributed by atoms with Crippen LogP contribution in [0.15, 0.2) is 23.2 Å². The van der Waals surface area contributed by atoms with E-state index in [1.165, 1.54) is 0 Å². The molecule has 0 fully saturated rings. The zero-order valence-corrected chi connectivity index (χ0v) is 12.0. The standard InChI is InChI=1S/C14H19F4N3/c1-9(2)5-6-20-13(19)21-8-10-3-4-11(15)7-12(10)14(16,17)18/h3-4,7,9H,5-6,8H2,1-2H3,(H3,19,20,21). The molecule has 0 radical (unpaired) electrons. The second-order valence-electron chi connectivity index (χ2n) is 5.11. The van der Waals surface area contributed by atoms with Gasteiger partial charge >= 0.3 is 6.18 Å². The summed E-state index contributed by atoms with van der Waals surface area (Å²) in [7, 11) is 0. The Balaban J connectivity index is 2.75. The molecule has 3 N–H and O–H groups in total. The van der Waals surface area contributed by atoms with Crippen LogP contribution >= 0.6 is 0 Å². The highest BCUT2D eigenvalue weighted by molar-refractivity contribution is 5.77. The lowest BCUT2D eigenvalue weighted by Crippen LogP contribution is -2.33. The average Bonchev–Trinajstić information content (AvgIpc) is 2.35. The van der Waals surface area contributed by atoms with Crippen molar-refractivity contribution in [3.8, 4) is 0 Å². The Hall–Kier alpha value is -1.79. The minimum Gasteiger partial charge on any atom is -0.370 e. The average molecular weight is 305 g/mol. The van der Waals surface area contributed by atoms with E-state index >= 15 is 0 Å². The summed E-state index contributed by atoms with van der Waals surface area (Å²) in [5, 5.41) is 2.83. The number of alkyl halides is 3. The second kappa shape index (κ2) is 7.28. The lowest BCUT2D eigenvalue weighted by molar-refractivity contribution is -0.138. The van der Waals surface area contributed by atoms with Gasteiger partial charge in [0.05, 0.1) is 12.1 Å². The van der Waals surface area contributed by atoms with E-state index in [4.69, 9.17) is 5.73 Å². The summed E-state index contributed by atoms with van der Waals surface area (Å²) in [6.45, 7) is 4.43. The predicted molar refractivity (Wildman–Crippen MR) is 74.2 cm³/mol. The van der Waals surface area contributed by atoms with Gasteiger partial charge in [-0.15, -0.1) is 0 Å². The number of hydrogen-bond donors (Lipinski definition) is 2. The molecule has 0 atom stereocenters. The molecule has 1 aromatic rings. The van der Waals surface area contributed by atoms with E-state index in [0.29, 0.717) is 18.5 Å². The van der Waals surface area contributed by atoms with E-state index in [1.807, 2.05) is 13.8 Å². The van der Waals surface area contributed by atoms with E-state index in [9.17, 15) is 17.6 Å². The number of nitrogens with two attached hydrogens (primary N) is 1. The number of rotatable bonds is 5. The SMILES string of the molecule is CC(C)CCNC(N)=NCc1ccc(F)cc1C(F)(F)F. The first-order valence-corrected chi connectivity index (χ1v) is 6.59. The first-order valence-electron chi connectivity index (χ1n) is 6.59. The molecule has 0 saturated carbocycles. The van der Waals surface area contributed by atoms with Gasteiger partial charge in [0.15, 0.2) is 5.96 Å². The third-order valence-corrected chi connectivity index (χ3v) is 2.82. The summed E-state index contributed by atoms with van der Waals surface area (Å²) in [6, 6.07) is 2.51. The van der Waals surface area contributed by atoms with Gasteiger partial charge in [-0.2, -0.15) is 13.2 Å². The third kappa shape index (κ3) is 6.01. The fraction of sp³-hybridized carbons (Fsp3) is 0.500. The maximum absolute atomic E-state index is 12.9. The molecule has 0 aromatic heterocycles. The van der Waals surface area contributed by atoms with Gasteiger partial charge in [-0.25, -0.2) is 9.38 Å². The minimum atomic E-state index is -4.62. The van der Waals surface area contributed by atoms with Crippen molar-refractivity contribution in [3.63, 3.8) is 0 Å². The largest absolute Gasteiger partial charge is 0.416 e. The first-order chi connectivity index (χ1) is 9.70. The quantitative estimate of drug-likeness (QED) is 0.498. The molecule has 118 valence electrons. The number of halogens is 4. The predicted octanol–water partition coefficient (Wildman–Crippen LogP) is 3.29. The molecule has 0 aliphatic rings. The maximum Gasteiger partial charge on any atom is 0.416 e. The molecule has 0 unspecified atom stereocenters. The Labute approximate surface area is 121 Å². The maximum atomic E-state index is 12.9. The monoisotopic (exact) mass is 305 g/mol. The van der Waals surface area contributed by atoms with Crippen molar-refractivity contribution in [2.75, 3.05) is 6.54 Å². The molecule has 0 aliphatic carbocycles. The van der Waals surface area contributed by atoms with Gasteiger partial charge in [0.2, 0.25) is 0 Å². The van der Waals surface area contributed by atoms with Gasteiger partial charge in [-0.05, 0) is 30.0 Å². The zero-order valence-electron chi connectivity index (χ0n) is 12.0. The zero-order chi connectivity index (χ0) is 16.0. The molecular formula is C14H19F4N3. The van der Waals surface area contributed by atoms with Crippen LogP contribution in [-0.2, 0) is 12.7 Å². The van der Waals surface area contributed by atoms with Crippen molar-refractivity contribution in [1.82, 2.24) is 5.32 Å². The van der Waals surface area contributed by atoms with Crippen molar-refractivity contribution in [3.05, 3.63) is 35.1 Å². The Morgan fingerprint density at radius 2 is 2.00 bits per heavy atom. The minimum absolute atomic E-state index is 0.0769. The Morgan fingerprint density at radius 1 is 1.33 bits per heavy atom. The van der Waals surface area contributed by atoms with Crippen LogP contribution in [0.1, 0.15) is 31.4 Å². The fourth-order valence-electron chi connectivity index (χ4n) is 1.67. The normalized spacial score (nSPS) is 12.8. The van der Waals surface area contributed by atoms with Crippen LogP contribution in [0.25, 0.3) is 0 Å². The summed E-state index contributed by atoms with van der Waals surface area (Å²) >= 11 is 0. The van der Waals surface area contributed by atoms with Crippen LogP contribution in [0.2, 0.25) is 0 Å². The van der Waals surface area contributed by atoms with Crippen LogP contribution in [0.5, 0.6) is 0 Å². The molecule has 21 heavy (non-hydrogen) atoms. The van der Waals surface area contributed by atoms with Gasteiger partial charge < -0.3 is 11.1 Å². The van der Waals surface area contributed by atoms with Gasteiger partial charge in [-0.3, -0.25) is 0 Å². The summed E-state index contributed by atoms with van der Waals surface area (Å²) in [5.74, 6) is -0.370. The van der Waals surface area contributed by atoms with E-state index < -0.39 is 17.6 Å². The van der Waals surface area contributed by atoms with Crippen molar-refractivity contribution in [2.45, 2.75) is 33.0 Å². The molecule has 3 nitrogen and oxygen atoms in total. The molecule has 0 aliphatic heterocycles. The summed E-state index contributed by atoms with van der Waals surface area (Å²) in [5.41, 5.74) is 4.44. The summed E-state index contributed by atoms with van der Waals surface area (Å²) in [4.78, 5) is 3.86. The van der Waals surface area contributed by atoms with Crippen molar-refractivity contribution in [1.29, 1.82) is 0 Å². The lowest BCUT2D eigenvalue weighted by Gasteiger charge is -2.12. The van der Waals surface area contributed by atoms with Gasteiger partial charge in [0.1, 0.15) is 5.82 Å².